The fourth-order valence-electron chi connectivity index (χ4n) is 2.01. The van der Waals surface area contributed by atoms with E-state index in [2.05, 4.69) is 20.9 Å². The van der Waals surface area contributed by atoms with Gasteiger partial charge in [-0.05, 0) is 33.6 Å². The van der Waals surface area contributed by atoms with Crippen LogP contribution in [0.2, 0.25) is 0 Å². The number of nitriles is 2. The molecule has 0 saturated carbocycles. The van der Waals surface area contributed by atoms with E-state index in [0.29, 0.717) is 5.56 Å². The number of hydrogen-bond donors (Lipinski definition) is 3. The van der Waals surface area contributed by atoms with Crippen LogP contribution in [-0.4, -0.2) is 17.2 Å². The Labute approximate surface area is 133 Å². The number of nitrogen functional groups attached to an aromatic ring is 1. The van der Waals surface area contributed by atoms with Crippen molar-refractivity contribution in [2.24, 2.45) is 0 Å². The molecule has 0 radical (unpaired) electrons. The van der Waals surface area contributed by atoms with E-state index in [4.69, 9.17) is 10.5 Å². The number of nitrogens with one attached hydrogen (secondary N) is 1. The van der Waals surface area contributed by atoms with E-state index >= 15 is 0 Å². The second-order valence-corrected chi connectivity index (χ2v) is 5.08. The van der Waals surface area contributed by atoms with Crippen molar-refractivity contribution in [3.63, 3.8) is 0 Å². The monoisotopic (exact) mass is 360 g/mol. The van der Waals surface area contributed by atoms with E-state index in [1.165, 1.54) is 19.2 Å². The van der Waals surface area contributed by atoms with Gasteiger partial charge in [-0.25, -0.2) is 0 Å². The molecule has 1 aromatic heterocycles. The number of pyridine rings is 1. The van der Waals surface area contributed by atoms with Crippen molar-refractivity contribution in [3.8, 4) is 34.8 Å². The molecule has 0 atom stereocenters. The SMILES string of the molecule is COc1cc(-c2c(C#N)c(N)[nH]c(=O)c2C#N)cc(Br)c1O. The molecule has 0 aliphatic carbocycles. The molecule has 110 valence electrons. The summed E-state index contributed by atoms with van der Waals surface area (Å²) in [4.78, 5) is 14.1. The summed E-state index contributed by atoms with van der Waals surface area (Å²) in [6.45, 7) is 0. The van der Waals surface area contributed by atoms with Crippen LogP contribution in [0, 0.1) is 22.7 Å². The Morgan fingerprint density at radius 1 is 1.32 bits per heavy atom. The van der Waals surface area contributed by atoms with Gasteiger partial charge in [0.05, 0.1) is 11.6 Å². The third-order valence-electron chi connectivity index (χ3n) is 3.01. The maximum absolute atomic E-state index is 11.9. The van der Waals surface area contributed by atoms with Gasteiger partial charge in [0, 0.05) is 5.56 Å². The van der Waals surface area contributed by atoms with Crippen LogP contribution in [0.15, 0.2) is 21.4 Å². The van der Waals surface area contributed by atoms with Gasteiger partial charge >= 0.3 is 0 Å². The molecule has 0 spiro atoms. The molecule has 0 saturated heterocycles. The summed E-state index contributed by atoms with van der Waals surface area (Å²) in [5, 5.41) is 28.3. The number of benzene rings is 1. The van der Waals surface area contributed by atoms with Crippen molar-refractivity contribution >= 4 is 21.7 Å². The van der Waals surface area contributed by atoms with Gasteiger partial charge in [0.2, 0.25) is 0 Å². The van der Waals surface area contributed by atoms with Crippen LogP contribution in [0.5, 0.6) is 11.5 Å². The number of nitrogens with zero attached hydrogens (tertiary/aromatic N) is 2. The summed E-state index contributed by atoms with van der Waals surface area (Å²) >= 11 is 3.15. The van der Waals surface area contributed by atoms with Gasteiger partial charge in [-0.1, -0.05) is 0 Å². The van der Waals surface area contributed by atoms with Crippen molar-refractivity contribution in [3.05, 3.63) is 38.1 Å². The lowest BCUT2D eigenvalue weighted by Gasteiger charge is -2.12. The van der Waals surface area contributed by atoms with E-state index in [1.807, 2.05) is 6.07 Å². The molecule has 7 nitrogen and oxygen atoms in total. The molecule has 4 N–H and O–H groups in total. The number of aromatic amines is 1. The van der Waals surface area contributed by atoms with Crippen molar-refractivity contribution in [1.82, 2.24) is 4.98 Å². The van der Waals surface area contributed by atoms with E-state index in [9.17, 15) is 20.4 Å². The van der Waals surface area contributed by atoms with Gasteiger partial charge in [-0.3, -0.25) is 4.79 Å². The molecule has 1 aromatic carbocycles. The maximum atomic E-state index is 11.9. The number of aromatic nitrogens is 1. The number of nitrogens with two attached hydrogens (primary N) is 1. The number of anilines is 1. The third kappa shape index (κ3) is 2.36. The van der Waals surface area contributed by atoms with Gasteiger partial charge in [0.1, 0.15) is 29.1 Å². The van der Waals surface area contributed by atoms with Crippen molar-refractivity contribution in [2.75, 3.05) is 12.8 Å². The summed E-state index contributed by atoms with van der Waals surface area (Å²) in [6, 6.07) is 6.52. The molecule has 8 heteroatoms. The van der Waals surface area contributed by atoms with E-state index in [0.717, 1.165) is 0 Å². The zero-order valence-electron chi connectivity index (χ0n) is 11.3. The highest BCUT2D eigenvalue weighted by atomic mass is 79.9. The van der Waals surface area contributed by atoms with Crippen LogP contribution in [-0.2, 0) is 0 Å². The van der Waals surface area contributed by atoms with Crippen LogP contribution in [0.25, 0.3) is 11.1 Å². The molecule has 2 aromatic rings. The first-order chi connectivity index (χ1) is 10.4. The molecule has 0 unspecified atom stereocenters. The standard InChI is InChI=1S/C14H9BrN4O3/c1-22-10-3-6(2-9(15)12(10)20)11-7(4-16)13(18)19-14(21)8(11)5-17/h2-3,20H,1H3,(H3,18,19,21). The lowest BCUT2D eigenvalue weighted by molar-refractivity contribution is 0.372. The second-order valence-electron chi connectivity index (χ2n) is 4.23. The molecule has 22 heavy (non-hydrogen) atoms. The average molecular weight is 361 g/mol. The first kappa shape index (κ1) is 15.4. The number of hydrogen-bond acceptors (Lipinski definition) is 6. The number of halogens is 1. The highest BCUT2D eigenvalue weighted by molar-refractivity contribution is 9.10. The van der Waals surface area contributed by atoms with Gasteiger partial charge < -0.3 is 20.6 Å². The number of H-pyrrole nitrogens is 1. The Kier molecular flexibility index (Phi) is 4.06. The lowest BCUT2D eigenvalue weighted by Crippen LogP contribution is -2.16. The molecule has 1 heterocycles. The number of phenolic OH excluding ortho intramolecular Hbond substituents is 1. The Morgan fingerprint density at radius 3 is 2.50 bits per heavy atom. The maximum Gasteiger partial charge on any atom is 0.268 e. The minimum absolute atomic E-state index is 0.0317. The predicted octanol–water partition coefficient (Wildman–Crippen LogP) is 1.84. The molecular formula is C14H9BrN4O3. The molecule has 0 aliphatic heterocycles. The van der Waals surface area contributed by atoms with Crippen molar-refractivity contribution in [1.29, 1.82) is 10.5 Å². The third-order valence-corrected chi connectivity index (χ3v) is 3.61. The van der Waals surface area contributed by atoms with Crippen LogP contribution < -0.4 is 16.0 Å². The zero-order valence-corrected chi connectivity index (χ0v) is 12.9. The van der Waals surface area contributed by atoms with Gasteiger partial charge in [-0.15, -0.1) is 0 Å². The summed E-state index contributed by atoms with van der Waals surface area (Å²) < 4.78 is 5.32. The Balaban J connectivity index is 2.95. The topological polar surface area (TPSA) is 136 Å². The number of ether oxygens (including phenoxy) is 1. The summed E-state index contributed by atoms with van der Waals surface area (Å²) in [5.41, 5.74) is 5.11. The van der Waals surface area contributed by atoms with Gasteiger partial charge in [0.15, 0.2) is 11.5 Å². The molecule has 0 bridgehead atoms. The Morgan fingerprint density at radius 2 is 1.95 bits per heavy atom. The summed E-state index contributed by atoms with van der Waals surface area (Å²) in [6.07, 6.45) is 0. The number of phenols is 1. The van der Waals surface area contributed by atoms with Gasteiger partial charge in [-0.2, -0.15) is 10.5 Å². The predicted molar refractivity (Wildman–Crippen MR) is 82.3 cm³/mol. The molecule has 0 fully saturated rings. The summed E-state index contributed by atoms with van der Waals surface area (Å²) in [7, 11) is 1.36. The largest absolute Gasteiger partial charge is 0.503 e. The van der Waals surface area contributed by atoms with Crippen LogP contribution >= 0.6 is 15.9 Å². The second kappa shape index (κ2) is 5.80. The normalized spacial score (nSPS) is 9.82. The zero-order chi connectivity index (χ0) is 16.4. The number of methoxy groups -OCH3 is 1. The highest BCUT2D eigenvalue weighted by Crippen LogP contribution is 2.40. The lowest BCUT2D eigenvalue weighted by atomic mass is 9.96. The molecule has 0 aliphatic rings. The minimum Gasteiger partial charge on any atom is -0.503 e. The van der Waals surface area contributed by atoms with Crippen LogP contribution in [0.1, 0.15) is 11.1 Å². The number of rotatable bonds is 2. The first-order valence-electron chi connectivity index (χ1n) is 5.87. The fourth-order valence-corrected chi connectivity index (χ4v) is 2.45. The van der Waals surface area contributed by atoms with Gasteiger partial charge in [0.25, 0.3) is 5.56 Å². The Hall–Kier alpha value is -2.97. The number of aromatic hydroxyl groups is 1. The molecule has 0 amide bonds. The quantitative estimate of drug-likeness (QED) is 0.747. The molecular weight excluding hydrogens is 352 g/mol. The Bertz CT molecular complexity index is 906. The van der Waals surface area contributed by atoms with Crippen LogP contribution in [0.3, 0.4) is 0 Å². The first-order valence-corrected chi connectivity index (χ1v) is 6.66. The van der Waals surface area contributed by atoms with E-state index in [1.54, 1.807) is 6.07 Å². The fraction of sp³-hybridized carbons (Fsp3) is 0.0714. The highest BCUT2D eigenvalue weighted by Gasteiger charge is 2.20. The smallest absolute Gasteiger partial charge is 0.268 e. The van der Waals surface area contributed by atoms with E-state index in [-0.39, 0.29) is 38.5 Å². The van der Waals surface area contributed by atoms with Crippen molar-refractivity contribution in [2.45, 2.75) is 0 Å². The van der Waals surface area contributed by atoms with E-state index < -0.39 is 5.56 Å². The minimum atomic E-state index is -0.697. The summed E-state index contributed by atoms with van der Waals surface area (Å²) in [5.74, 6) is -0.151. The molecule has 2 rings (SSSR count). The van der Waals surface area contributed by atoms with Crippen molar-refractivity contribution < 1.29 is 9.84 Å². The van der Waals surface area contributed by atoms with Crippen LogP contribution in [0.4, 0.5) is 5.82 Å². The average Bonchev–Trinajstić information content (AvgIpc) is 2.49.